The second-order valence-electron chi connectivity index (χ2n) is 3.93. The quantitative estimate of drug-likeness (QED) is 0.747. The summed E-state index contributed by atoms with van der Waals surface area (Å²) in [7, 11) is 1.75. The molecule has 0 fully saturated rings. The number of hydrogen-bond donors (Lipinski definition) is 1. The normalized spacial score (nSPS) is 13.0. The van der Waals surface area contributed by atoms with Crippen molar-refractivity contribution in [3.63, 3.8) is 0 Å². The molecule has 0 aromatic carbocycles. The molecule has 0 aliphatic rings. The summed E-state index contributed by atoms with van der Waals surface area (Å²) in [4.78, 5) is 5.87. The topological polar surface area (TPSA) is 34.1 Å². The van der Waals surface area contributed by atoms with E-state index >= 15 is 0 Å². The fraction of sp³-hybridized carbons (Fsp3) is 0.750. The molecular formula is C12H22N2OS. The summed E-state index contributed by atoms with van der Waals surface area (Å²) in [5.74, 6) is 0. The van der Waals surface area contributed by atoms with Crippen LogP contribution in [0.4, 0.5) is 0 Å². The SMILES string of the molecule is CCNC(CCCOC)c1sc(C)nc1C. The number of nitrogens with one attached hydrogen (secondary N) is 1. The van der Waals surface area contributed by atoms with Crippen molar-refractivity contribution in [3.05, 3.63) is 15.6 Å². The third-order valence-electron chi connectivity index (χ3n) is 2.55. The number of thiazole rings is 1. The minimum absolute atomic E-state index is 0.436. The number of aromatic nitrogens is 1. The Morgan fingerprint density at radius 2 is 2.19 bits per heavy atom. The van der Waals surface area contributed by atoms with Crippen molar-refractivity contribution in [2.24, 2.45) is 0 Å². The van der Waals surface area contributed by atoms with Crippen molar-refractivity contribution in [1.82, 2.24) is 10.3 Å². The minimum Gasteiger partial charge on any atom is -0.385 e. The van der Waals surface area contributed by atoms with Crippen LogP contribution in [0.15, 0.2) is 0 Å². The van der Waals surface area contributed by atoms with Crippen LogP contribution >= 0.6 is 11.3 Å². The van der Waals surface area contributed by atoms with Gasteiger partial charge >= 0.3 is 0 Å². The Hall–Kier alpha value is -0.450. The van der Waals surface area contributed by atoms with E-state index in [1.165, 1.54) is 10.6 Å². The van der Waals surface area contributed by atoms with E-state index < -0.39 is 0 Å². The van der Waals surface area contributed by atoms with E-state index in [0.717, 1.165) is 31.0 Å². The molecule has 0 saturated carbocycles. The summed E-state index contributed by atoms with van der Waals surface area (Å²) in [6, 6.07) is 0.436. The zero-order valence-electron chi connectivity index (χ0n) is 10.7. The minimum atomic E-state index is 0.436. The lowest BCUT2D eigenvalue weighted by molar-refractivity contribution is 0.189. The molecule has 16 heavy (non-hydrogen) atoms. The molecule has 0 saturated heterocycles. The molecule has 1 atom stereocenters. The molecule has 0 spiro atoms. The van der Waals surface area contributed by atoms with Gasteiger partial charge in [0.15, 0.2) is 0 Å². The molecule has 1 N–H and O–H groups in total. The maximum absolute atomic E-state index is 5.10. The van der Waals surface area contributed by atoms with Crippen molar-refractivity contribution in [1.29, 1.82) is 0 Å². The smallest absolute Gasteiger partial charge is 0.0900 e. The second kappa shape index (κ2) is 6.99. The first kappa shape index (κ1) is 13.6. The molecule has 1 unspecified atom stereocenters. The molecule has 1 rings (SSSR count). The number of rotatable bonds is 7. The van der Waals surface area contributed by atoms with Gasteiger partial charge in [0.2, 0.25) is 0 Å². The first-order valence-electron chi connectivity index (χ1n) is 5.85. The van der Waals surface area contributed by atoms with Crippen LogP contribution in [0.5, 0.6) is 0 Å². The molecule has 0 radical (unpaired) electrons. The summed E-state index contributed by atoms with van der Waals surface area (Å²) in [6.07, 6.45) is 2.20. The third-order valence-corrected chi connectivity index (χ3v) is 3.73. The van der Waals surface area contributed by atoms with Gasteiger partial charge in [-0.3, -0.25) is 0 Å². The Labute approximate surface area is 102 Å². The Kier molecular flexibility index (Phi) is 5.95. The zero-order chi connectivity index (χ0) is 12.0. The second-order valence-corrected chi connectivity index (χ2v) is 5.16. The van der Waals surface area contributed by atoms with Gasteiger partial charge in [0.1, 0.15) is 0 Å². The van der Waals surface area contributed by atoms with E-state index in [4.69, 9.17) is 4.74 Å². The molecule has 1 aromatic rings. The number of hydrogen-bond acceptors (Lipinski definition) is 4. The van der Waals surface area contributed by atoms with Gasteiger partial charge in [0.25, 0.3) is 0 Å². The van der Waals surface area contributed by atoms with Crippen molar-refractivity contribution in [3.8, 4) is 0 Å². The molecule has 1 heterocycles. The molecule has 0 bridgehead atoms. The van der Waals surface area contributed by atoms with E-state index in [1.807, 2.05) is 0 Å². The Bertz CT molecular complexity index is 312. The van der Waals surface area contributed by atoms with E-state index in [1.54, 1.807) is 18.4 Å². The average Bonchev–Trinajstić information content (AvgIpc) is 2.57. The van der Waals surface area contributed by atoms with Crippen LogP contribution in [0.1, 0.15) is 41.4 Å². The summed E-state index contributed by atoms with van der Waals surface area (Å²) in [5.41, 5.74) is 1.17. The van der Waals surface area contributed by atoms with Gasteiger partial charge < -0.3 is 10.1 Å². The lowest BCUT2D eigenvalue weighted by Crippen LogP contribution is -2.21. The highest BCUT2D eigenvalue weighted by atomic mass is 32.1. The standard InChI is InChI=1S/C12H22N2OS/c1-5-13-11(7-6-8-15-4)12-9(2)14-10(3)16-12/h11,13H,5-8H2,1-4H3. The van der Waals surface area contributed by atoms with Crippen molar-refractivity contribution in [2.75, 3.05) is 20.3 Å². The largest absolute Gasteiger partial charge is 0.385 e. The third kappa shape index (κ3) is 3.85. The number of nitrogens with zero attached hydrogens (tertiary/aromatic N) is 1. The van der Waals surface area contributed by atoms with E-state index in [0.29, 0.717) is 6.04 Å². The summed E-state index contributed by atoms with van der Waals surface area (Å²) in [6.45, 7) is 8.14. The number of aryl methyl sites for hydroxylation is 2. The highest BCUT2D eigenvalue weighted by Crippen LogP contribution is 2.27. The van der Waals surface area contributed by atoms with Gasteiger partial charge in [0.05, 0.1) is 10.7 Å². The van der Waals surface area contributed by atoms with E-state index in [9.17, 15) is 0 Å². The lowest BCUT2D eigenvalue weighted by Gasteiger charge is -2.16. The van der Waals surface area contributed by atoms with E-state index in [2.05, 4.69) is 31.1 Å². The monoisotopic (exact) mass is 242 g/mol. The Morgan fingerprint density at radius 1 is 1.44 bits per heavy atom. The molecule has 92 valence electrons. The average molecular weight is 242 g/mol. The van der Waals surface area contributed by atoms with Gasteiger partial charge in [-0.25, -0.2) is 4.98 Å². The summed E-state index contributed by atoms with van der Waals surface area (Å²) >= 11 is 1.81. The van der Waals surface area contributed by atoms with Crippen LogP contribution < -0.4 is 5.32 Å². The molecule has 0 aliphatic heterocycles. The molecule has 1 aromatic heterocycles. The number of methoxy groups -OCH3 is 1. The van der Waals surface area contributed by atoms with Crippen LogP contribution in [0.2, 0.25) is 0 Å². The predicted molar refractivity (Wildman–Crippen MR) is 69.1 cm³/mol. The molecule has 0 aliphatic carbocycles. The Morgan fingerprint density at radius 3 is 2.69 bits per heavy atom. The van der Waals surface area contributed by atoms with Crippen LogP contribution in [-0.2, 0) is 4.74 Å². The molecular weight excluding hydrogens is 220 g/mol. The summed E-state index contributed by atoms with van der Waals surface area (Å²) in [5, 5.41) is 4.68. The Balaban J connectivity index is 2.64. The van der Waals surface area contributed by atoms with Gasteiger partial charge in [-0.1, -0.05) is 6.92 Å². The lowest BCUT2D eigenvalue weighted by atomic mass is 10.1. The molecule has 0 amide bonds. The summed E-state index contributed by atoms with van der Waals surface area (Å²) < 4.78 is 5.10. The highest BCUT2D eigenvalue weighted by Gasteiger charge is 2.15. The van der Waals surface area contributed by atoms with Gasteiger partial charge in [0, 0.05) is 24.6 Å². The predicted octanol–water partition coefficient (Wildman–Crippen LogP) is 2.84. The fourth-order valence-corrected chi connectivity index (χ4v) is 2.91. The van der Waals surface area contributed by atoms with Gasteiger partial charge in [-0.2, -0.15) is 0 Å². The van der Waals surface area contributed by atoms with Crippen LogP contribution in [0.25, 0.3) is 0 Å². The van der Waals surface area contributed by atoms with Crippen LogP contribution in [-0.4, -0.2) is 25.2 Å². The van der Waals surface area contributed by atoms with Crippen molar-refractivity contribution < 1.29 is 4.74 Å². The zero-order valence-corrected chi connectivity index (χ0v) is 11.5. The molecule has 3 nitrogen and oxygen atoms in total. The molecule has 4 heteroatoms. The van der Waals surface area contributed by atoms with Gasteiger partial charge in [-0.05, 0) is 33.2 Å². The number of ether oxygens (including phenoxy) is 1. The van der Waals surface area contributed by atoms with Crippen molar-refractivity contribution in [2.45, 2.75) is 39.7 Å². The van der Waals surface area contributed by atoms with Crippen LogP contribution in [0, 0.1) is 13.8 Å². The van der Waals surface area contributed by atoms with Crippen LogP contribution in [0.3, 0.4) is 0 Å². The fourth-order valence-electron chi connectivity index (χ4n) is 1.87. The highest BCUT2D eigenvalue weighted by molar-refractivity contribution is 7.11. The van der Waals surface area contributed by atoms with Crippen molar-refractivity contribution >= 4 is 11.3 Å². The van der Waals surface area contributed by atoms with Gasteiger partial charge in [-0.15, -0.1) is 11.3 Å². The van der Waals surface area contributed by atoms with E-state index in [-0.39, 0.29) is 0 Å². The first-order chi connectivity index (χ1) is 7.69. The first-order valence-corrected chi connectivity index (χ1v) is 6.67. The maximum atomic E-state index is 5.10. The maximum Gasteiger partial charge on any atom is 0.0900 e.